The third kappa shape index (κ3) is 6.20. The van der Waals surface area contributed by atoms with Crippen LogP contribution in [0.15, 0.2) is 47.4 Å². The Morgan fingerprint density at radius 2 is 1.65 bits per heavy atom. The molecule has 0 spiro atoms. The van der Waals surface area contributed by atoms with Gasteiger partial charge in [-0.3, -0.25) is 4.79 Å². The number of hydrogen-bond acceptors (Lipinski definition) is 4. The number of sulfonamides is 1. The van der Waals surface area contributed by atoms with Crippen LogP contribution in [0.1, 0.15) is 31.9 Å². The molecule has 0 bridgehead atoms. The Morgan fingerprint density at radius 3 is 2.16 bits per heavy atom. The predicted molar refractivity (Wildman–Crippen MR) is 111 cm³/mol. The summed E-state index contributed by atoms with van der Waals surface area (Å²) < 4.78 is 70.6. The van der Waals surface area contributed by atoms with Crippen LogP contribution in [0.2, 0.25) is 0 Å². The van der Waals surface area contributed by atoms with E-state index >= 15 is 0 Å². The summed E-state index contributed by atoms with van der Waals surface area (Å²) >= 11 is 0. The van der Waals surface area contributed by atoms with Crippen LogP contribution in [0.3, 0.4) is 0 Å². The Labute approximate surface area is 180 Å². The van der Waals surface area contributed by atoms with Crippen molar-refractivity contribution in [3.05, 3.63) is 53.6 Å². The molecular weight excluding hydrogens is 433 g/mol. The number of hydrogen-bond donors (Lipinski definition) is 1. The maximum absolute atomic E-state index is 13.0. The van der Waals surface area contributed by atoms with Gasteiger partial charge in [0.05, 0.1) is 18.6 Å². The van der Waals surface area contributed by atoms with Gasteiger partial charge >= 0.3 is 6.18 Å². The zero-order chi connectivity index (χ0) is 23.2. The zero-order valence-electron chi connectivity index (χ0n) is 17.5. The summed E-state index contributed by atoms with van der Waals surface area (Å²) in [6.07, 6.45) is -4.61. The van der Waals surface area contributed by atoms with Crippen LogP contribution in [0.5, 0.6) is 5.75 Å². The molecule has 0 aliphatic heterocycles. The molecule has 1 amide bonds. The van der Waals surface area contributed by atoms with Gasteiger partial charge in [0.1, 0.15) is 10.6 Å². The number of nitrogens with one attached hydrogen (secondary N) is 1. The molecule has 2 aromatic rings. The Kier molecular flexibility index (Phi) is 8.08. The van der Waals surface area contributed by atoms with Gasteiger partial charge in [-0.2, -0.15) is 17.5 Å². The van der Waals surface area contributed by atoms with E-state index in [0.717, 1.165) is 12.1 Å². The fourth-order valence-corrected chi connectivity index (χ4v) is 4.58. The maximum atomic E-state index is 13.0. The number of alkyl halides is 3. The highest BCUT2D eigenvalue weighted by Gasteiger charge is 2.30. The highest BCUT2D eigenvalue weighted by atomic mass is 32.2. The van der Waals surface area contributed by atoms with Crippen LogP contribution < -0.4 is 10.1 Å². The molecule has 0 aromatic heterocycles. The first-order valence-corrected chi connectivity index (χ1v) is 11.2. The van der Waals surface area contributed by atoms with Crippen molar-refractivity contribution in [3.63, 3.8) is 0 Å². The standard InChI is InChI=1S/C21H25F3N2O4S/c1-4-26(5-2)31(28,29)19-14-17(11-12-18(19)30-6-3)25-20(27)13-15-7-9-16(10-8-15)21(22,23)24/h7-12,14H,4-6,13H2,1-3H3,(H,25,27). The SMILES string of the molecule is CCOc1ccc(NC(=O)Cc2ccc(C(F)(F)F)cc2)cc1S(=O)(=O)N(CC)CC. The summed E-state index contributed by atoms with van der Waals surface area (Å²) in [6, 6.07) is 8.59. The molecule has 0 unspecified atom stereocenters. The second kappa shape index (κ2) is 10.1. The molecule has 0 saturated heterocycles. The van der Waals surface area contributed by atoms with Crippen molar-refractivity contribution in [2.75, 3.05) is 25.0 Å². The molecule has 10 heteroatoms. The average Bonchev–Trinajstić information content (AvgIpc) is 2.69. The lowest BCUT2D eigenvalue weighted by molar-refractivity contribution is -0.137. The minimum absolute atomic E-state index is 0.0645. The van der Waals surface area contributed by atoms with E-state index < -0.39 is 27.7 Å². The topological polar surface area (TPSA) is 75.7 Å². The van der Waals surface area contributed by atoms with E-state index in [9.17, 15) is 26.4 Å². The lowest BCUT2D eigenvalue weighted by Crippen LogP contribution is -2.31. The molecule has 0 aliphatic rings. The van der Waals surface area contributed by atoms with Crippen molar-refractivity contribution in [3.8, 4) is 5.75 Å². The van der Waals surface area contributed by atoms with Crippen molar-refractivity contribution < 1.29 is 31.1 Å². The smallest absolute Gasteiger partial charge is 0.416 e. The molecular formula is C21H25F3N2O4S. The number of halogens is 3. The zero-order valence-corrected chi connectivity index (χ0v) is 18.3. The highest BCUT2D eigenvalue weighted by molar-refractivity contribution is 7.89. The van der Waals surface area contributed by atoms with Gasteiger partial charge in [0.15, 0.2) is 0 Å². The Balaban J connectivity index is 2.24. The molecule has 170 valence electrons. The number of amides is 1. The van der Waals surface area contributed by atoms with Crippen molar-refractivity contribution in [2.24, 2.45) is 0 Å². The summed E-state index contributed by atoms with van der Waals surface area (Å²) in [6.45, 7) is 5.98. The largest absolute Gasteiger partial charge is 0.492 e. The van der Waals surface area contributed by atoms with Gasteiger partial charge in [-0.25, -0.2) is 8.42 Å². The number of benzene rings is 2. The fourth-order valence-electron chi connectivity index (χ4n) is 2.97. The molecule has 0 heterocycles. The third-order valence-electron chi connectivity index (χ3n) is 4.50. The molecule has 2 rings (SSSR count). The Morgan fingerprint density at radius 1 is 1.03 bits per heavy atom. The van der Waals surface area contributed by atoms with E-state index in [4.69, 9.17) is 4.74 Å². The first-order valence-electron chi connectivity index (χ1n) is 9.75. The molecule has 0 fully saturated rings. The summed E-state index contributed by atoms with van der Waals surface area (Å²) in [5, 5.41) is 2.59. The van der Waals surface area contributed by atoms with E-state index in [2.05, 4.69) is 5.32 Å². The molecule has 31 heavy (non-hydrogen) atoms. The number of rotatable bonds is 9. The third-order valence-corrected chi connectivity index (χ3v) is 6.57. The van der Waals surface area contributed by atoms with E-state index in [1.165, 1.54) is 34.6 Å². The second-order valence-corrected chi connectivity index (χ2v) is 8.51. The van der Waals surface area contributed by atoms with E-state index in [1.54, 1.807) is 20.8 Å². The molecule has 0 saturated carbocycles. The molecule has 0 radical (unpaired) electrons. The van der Waals surface area contributed by atoms with Crippen LogP contribution in [-0.4, -0.2) is 38.3 Å². The molecule has 0 atom stereocenters. The lowest BCUT2D eigenvalue weighted by atomic mass is 10.1. The molecule has 6 nitrogen and oxygen atoms in total. The average molecular weight is 459 g/mol. The van der Waals surface area contributed by atoms with Gasteiger partial charge < -0.3 is 10.1 Å². The van der Waals surface area contributed by atoms with Crippen LogP contribution in [0, 0.1) is 0 Å². The summed E-state index contributed by atoms with van der Waals surface area (Å²) in [4.78, 5) is 12.3. The van der Waals surface area contributed by atoms with Gasteiger partial charge in [-0.1, -0.05) is 26.0 Å². The lowest BCUT2D eigenvalue weighted by Gasteiger charge is -2.21. The van der Waals surface area contributed by atoms with Crippen molar-refractivity contribution in [1.82, 2.24) is 4.31 Å². The summed E-state index contributed by atoms with van der Waals surface area (Å²) in [5.74, 6) is -0.315. The summed E-state index contributed by atoms with van der Waals surface area (Å²) in [7, 11) is -3.84. The number of carbonyl (C=O) groups excluding carboxylic acids is 1. The second-order valence-electron chi connectivity index (χ2n) is 6.60. The molecule has 0 aliphatic carbocycles. The number of anilines is 1. The van der Waals surface area contributed by atoms with Gasteiger partial charge in [0.25, 0.3) is 0 Å². The predicted octanol–water partition coefficient (Wildman–Crippen LogP) is 4.32. The van der Waals surface area contributed by atoms with Gasteiger partial charge in [0.2, 0.25) is 15.9 Å². The van der Waals surface area contributed by atoms with E-state index in [0.29, 0.717) is 5.56 Å². The van der Waals surface area contributed by atoms with Gasteiger partial charge in [-0.15, -0.1) is 0 Å². The van der Waals surface area contributed by atoms with Crippen molar-refractivity contribution in [1.29, 1.82) is 0 Å². The van der Waals surface area contributed by atoms with Crippen LogP contribution in [0.4, 0.5) is 18.9 Å². The summed E-state index contributed by atoms with van der Waals surface area (Å²) in [5.41, 5.74) is -0.159. The Hall–Kier alpha value is -2.59. The van der Waals surface area contributed by atoms with E-state index in [-0.39, 0.29) is 42.4 Å². The van der Waals surface area contributed by atoms with Crippen LogP contribution in [0.25, 0.3) is 0 Å². The number of carbonyl (C=O) groups is 1. The quantitative estimate of drug-likeness (QED) is 0.608. The van der Waals surface area contributed by atoms with Crippen LogP contribution in [-0.2, 0) is 27.4 Å². The van der Waals surface area contributed by atoms with Gasteiger partial charge in [0, 0.05) is 18.8 Å². The molecule has 2 aromatic carbocycles. The number of nitrogens with zero attached hydrogens (tertiary/aromatic N) is 1. The highest BCUT2D eigenvalue weighted by Crippen LogP contribution is 2.31. The van der Waals surface area contributed by atoms with Crippen molar-refractivity contribution >= 4 is 21.6 Å². The minimum atomic E-state index is -4.45. The maximum Gasteiger partial charge on any atom is 0.416 e. The van der Waals surface area contributed by atoms with E-state index in [1.807, 2.05) is 0 Å². The monoisotopic (exact) mass is 458 g/mol. The molecule has 1 N–H and O–H groups in total. The van der Waals surface area contributed by atoms with Gasteiger partial charge in [-0.05, 0) is 42.8 Å². The minimum Gasteiger partial charge on any atom is -0.492 e. The Bertz CT molecular complexity index is 1000. The normalized spacial score (nSPS) is 12.1. The first kappa shape index (κ1) is 24.7. The van der Waals surface area contributed by atoms with Crippen LogP contribution >= 0.6 is 0 Å². The fraction of sp³-hybridized carbons (Fsp3) is 0.381. The van der Waals surface area contributed by atoms with Crippen molar-refractivity contribution in [2.45, 2.75) is 38.3 Å². The number of ether oxygens (including phenoxy) is 1. The first-order chi connectivity index (χ1) is 14.5.